The van der Waals surface area contributed by atoms with Crippen LogP contribution in [0.25, 0.3) is 33.6 Å². The number of hydrogen-bond donors (Lipinski definition) is 3. The van der Waals surface area contributed by atoms with Crippen molar-refractivity contribution < 1.29 is 19.1 Å². The summed E-state index contributed by atoms with van der Waals surface area (Å²) in [7, 11) is 1.59. The number of pyridine rings is 1. The van der Waals surface area contributed by atoms with Crippen molar-refractivity contribution in [2.75, 3.05) is 33.4 Å². The van der Waals surface area contributed by atoms with E-state index in [0.29, 0.717) is 65.6 Å². The third-order valence-corrected chi connectivity index (χ3v) is 11.5. The van der Waals surface area contributed by atoms with Gasteiger partial charge in [-0.2, -0.15) is 0 Å². The molecule has 3 saturated heterocycles. The third kappa shape index (κ3) is 6.59. The molecule has 2 aromatic heterocycles. The lowest BCUT2D eigenvalue weighted by Gasteiger charge is -2.47. The number of benzene rings is 2. The average Bonchev–Trinajstić information content (AvgIpc) is 3.86. The molecule has 2 atom stereocenters. The predicted octanol–water partition coefficient (Wildman–Crippen LogP) is 5.91. The van der Waals surface area contributed by atoms with E-state index < -0.39 is 0 Å². The molecule has 2 amide bonds. The number of nitrogens with one attached hydrogen (secondary N) is 3. The maximum atomic E-state index is 11.8. The van der Waals surface area contributed by atoms with Crippen molar-refractivity contribution in [3.63, 3.8) is 0 Å². The molecule has 5 heterocycles. The summed E-state index contributed by atoms with van der Waals surface area (Å²) in [6.45, 7) is 5.29. The quantitative estimate of drug-likeness (QED) is 0.172. The minimum absolute atomic E-state index is 0.0961. The van der Waals surface area contributed by atoms with Gasteiger partial charge < -0.3 is 25.4 Å². The monoisotopic (exact) mass is 741 g/mol. The Balaban J connectivity index is 1.05. The van der Waals surface area contributed by atoms with Crippen molar-refractivity contribution in [1.29, 1.82) is 0 Å². The Bertz CT molecular complexity index is 2050. The summed E-state index contributed by atoms with van der Waals surface area (Å²) in [5.74, 6) is 1.28. The number of fused-ring (bicyclic) bond motifs is 1. The smallest absolute Gasteiger partial charge is 0.237 e. The summed E-state index contributed by atoms with van der Waals surface area (Å²) in [5.41, 5.74) is 7.22. The molecular formula is C39H41Cl2N7O4. The van der Waals surface area contributed by atoms with Gasteiger partial charge in [0.05, 0.1) is 46.9 Å². The van der Waals surface area contributed by atoms with Crippen LogP contribution in [0.3, 0.4) is 0 Å². The van der Waals surface area contributed by atoms with E-state index in [1.54, 1.807) is 13.3 Å². The molecule has 1 unspecified atom stereocenters. The summed E-state index contributed by atoms with van der Waals surface area (Å²) < 4.78 is 11.8. The molecule has 0 bridgehead atoms. The van der Waals surface area contributed by atoms with E-state index in [-0.39, 0.29) is 29.4 Å². The molecule has 2 aromatic carbocycles. The van der Waals surface area contributed by atoms with Crippen LogP contribution in [-0.4, -0.2) is 76.6 Å². The first-order chi connectivity index (χ1) is 25.2. The highest BCUT2D eigenvalue weighted by Gasteiger charge is 2.47. The fourth-order valence-corrected chi connectivity index (χ4v) is 8.78. The molecule has 13 heteroatoms. The van der Waals surface area contributed by atoms with E-state index in [2.05, 4.69) is 26.9 Å². The summed E-state index contributed by atoms with van der Waals surface area (Å²) in [6, 6.07) is 14.0. The fraction of sp³-hybridized carbons (Fsp3) is 0.410. The van der Waals surface area contributed by atoms with Gasteiger partial charge in [0.25, 0.3) is 0 Å². The van der Waals surface area contributed by atoms with E-state index >= 15 is 0 Å². The highest BCUT2D eigenvalue weighted by Crippen LogP contribution is 2.45. The Morgan fingerprint density at radius 1 is 0.923 bits per heavy atom. The van der Waals surface area contributed by atoms with Gasteiger partial charge in [-0.05, 0) is 44.2 Å². The number of rotatable bonds is 11. The first-order valence-corrected chi connectivity index (χ1v) is 18.7. The number of ether oxygens (including phenoxy) is 2. The Hall–Kier alpha value is -4.29. The van der Waals surface area contributed by atoms with Gasteiger partial charge in [0.1, 0.15) is 5.69 Å². The first kappa shape index (κ1) is 34.8. The maximum Gasteiger partial charge on any atom is 0.237 e. The van der Waals surface area contributed by atoms with E-state index in [1.165, 1.54) is 5.56 Å². The van der Waals surface area contributed by atoms with Gasteiger partial charge in [-0.15, -0.1) is 0 Å². The number of hydrogen-bond acceptors (Lipinski definition) is 9. The second-order valence-corrected chi connectivity index (χ2v) is 14.9. The number of aromatic nitrogens is 3. The van der Waals surface area contributed by atoms with Crippen molar-refractivity contribution in [2.45, 2.75) is 69.6 Å². The van der Waals surface area contributed by atoms with Crippen LogP contribution in [0, 0.1) is 0 Å². The van der Waals surface area contributed by atoms with Crippen molar-refractivity contribution in [3.05, 3.63) is 75.5 Å². The Labute approximate surface area is 312 Å². The van der Waals surface area contributed by atoms with E-state index in [4.69, 9.17) is 47.6 Å². The minimum Gasteiger partial charge on any atom is -0.480 e. The molecule has 8 rings (SSSR count). The normalized spacial score (nSPS) is 20.5. The van der Waals surface area contributed by atoms with E-state index in [9.17, 15) is 9.59 Å². The van der Waals surface area contributed by atoms with E-state index in [0.717, 1.165) is 72.4 Å². The van der Waals surface area contributed by atoms with Gasteiger partial charge in [-0.3, -0.25) is 19.5 Å². The number of amides is 2. The Morgan fingerprint density at radius 3 is 2.29 bits per heavy atom. The highest BCUT2D eigenvalue weighted by atomic mass is 35.5. The third-order valence-electron chi connectivity index (χ3n) is 10.6. The van der Waals surface area contributed by atoms with Crippen LogP contribution in [-0.2, 0) is 22.6 Å². The fourth-order valence-electron chi connectivity index (χ4n) is 8.13. The molecular weight excluding hydrogens is 701 g/mol. The van der Waals surface area contributed by atoms with Gasteiger partial charge in [0.2, 0.25) is 23.6 Å². The molecule has 270 valence electrons. The van der Waals surface area contributed by atoms with Crippen molar-refractivity contribution in [2.24, 2.45) is 0 Å². The van der Waals surface area contributed by atoms with Crippen molar-refractivity contribution in [1.82, 2.24) is 35.8 Å². The van der Waals surface area contributed by atoms with Crippen LogP contribution in [0.4, 0.5) is 0 Å². The molecule has 52 heavy (non-hydrogen) atoms. The second-order valence-electron chi connectivity index (χ2n) is 14.1. The standard InChI is InChI=1S/C39H41Cl2N7O4/c1-3-52-38-34-22(10-12-28(34)42-17-23-11-13-32(49)44-23)16-29(45-38)26-8-4-6-24(35(26)40)25-7-5-9-27(36(25)41)30-18-43-31(37(46-30)51-2)19-48-20-39(21-48)15-14-33(50)47-39/h4-9,16,18,23,28,42H,3,10-15,17,19-21H2,1-2H3,(H,44,49)(H,47,50)/t23-,28?/m0/s1. The number of likely N-dealkylation sites (tertiary alicyclic amines) is 1. The van der Waals surface area contributed by atoms with Gasteiger partial charge in [-0.25, -0.2) is 9.97 Å². The summed E-state index contributed by atoms with van der Waals surface area (Å²) >= 11 is 14.4. The zero-order chi connectivity index (χ0) is 36.0. The molecule has 1 aliphatic carbocycles. The number of aryl methyl sites for hydroxylation is 1. The molecule has 4 aromatic rings. The molecule has 3 aliphatic heterocycles. The molecule has 0 saturated carbocycles. The molecule has 1 spiro atoms. The largest absolute Gasteiger partial charge is 0.480 e. The zero-order valence-corrected chi connectivity index (χ0v) is 30.7. The molecule has 3 N–H and O–H groups in total. The van der Waals surface area contributed by atoms with Crippen LogP contribution < -0.4 is 25.4 Å². The van der Waals surface area contributed by atoms with Crippen molar-refractivity contribution in [3.8, 4) is 45.4 Å². The number of halogens is 2. The molecule has 0 radical (unpaired) electrons. The summed E-state index contributed by atoms with van der Waals surface area (Å²) in [6.07, 6.45) is 6.41. The van der Waals surface area contributed by atoms with Crippen LogP contribution in [0.15, 0.2) is 48.7 Å². The lowest BCUT2D eigenvalue weighted by molar-refractivity contribution is -0.121. The molecule has 11 nitrogen and oxygen atoms in total. The summed E-state index contributed by atoms with van der Waals surface area (Å²) in [5, 5.41) is 10.8. The predicted molar refractivity (Wildman–Crippen MR) is 199 cm³/mol. The van der Waals surface area contributed by atoms with Crippen LogP contribution in [0.1, 0.15) is 61.9 Å². The van der Waals surface area contributed by atoms with Gasteiger partial charge in [-0.1, -0.05) is 59.6 Å². The topological polar surface area (TPSA) is 131 Å². The number of methoxy groups -OCH3 is 1. The highest BCUT2D eigenvalue weighted by molar-refractivity contribution is 6.39. The minimum atomic E-state index is -0.107. The van der Waals surface area contributed by atoms with Gasteiger partial charge in [0.15, 0.2) is 0 Å². The van der Waals surface area contributed by atoms with Crippen LogP contribution >= 0.6 is 23.2 Å². The SMILES string of the molecule is CCOc1nc(-c2cccc(-c3cccc(-c4cnc(CN5CC6(CCC(=O)N6)C5)c(OC)n4)c3Cl)c2Cl)cc2c1C(NC[C@@H]1CCC(=O)N1)CC2. The molecule has 3 fully saturated rings. The number of carbonyl (C=O) groups is 2. The number of nitrogens with zero attached hydrogens (tertiary/aromatic N) is 4. The number of carbonyl (C=O) groups excluding carboxylic acids is 2. The lowest BCUT2D eigenvalue weighted by atomic mass is 9.88. The zero-order valence-electron chi connectivity index (χ0n) is 29.2. The van der Waals surface area contributed by atoms with Gasteiger partial charge >= 0.3 is 0 Å². The Morgan fingerprint density at radius 2 is 1.63 bits per heavy atom. The second kappa shape index (κ2) is 14.3. The van der Waals surface area contributed by atoms with Crippen LogP contribution in [0.5, 0.6) is 11.8 Å². The molecule has 4 aliphatic rings. The van der Waals surface area contributed by atoms with Crippen molar-refractivity contribution >= 4 is 35.0 Å². The average molecular weight is 743 g/mol. The van der Waals surface area contributed by atoms with Crippen LogP contribution in [0.2, 0.25) is 10.0 Å². The van der Waals surface area contributed by atoms with E-state index in [1.807, 2.05) is 43.3 Å². The lowest BCUT2D eigenvalue weighted by Crippen LogP contribution is -2.66. The van der Waals surface area contributed by atoms with Gasteiger partial charge in [0, 0.05) is 78.9 Å². The Kier molecular flexibility index (Phi) is 9.54. The maximum absolute atomic E-state index is 11.8. The summed E-state index contributed by atoms with van der Waals surface area (Å²) in [4.78, 5) is 40.3. The first-order valence-electron chi connectivity index (χ1n) is 17.9.